The fourth-order valence-electron chi connectivity index (χ4n) is 1.98. The fourth-order valence-corrected chi connectivity index (χ4v) is 2.84. The highest BCUT2D eigenvalue weighted by molar-refractivity contribution is 7.92. The Bertz CT molecular complexity index is 909. The molecule has 152 valence electrons. The van der Waals surface area contributed by atoms with Gasteiger partial charge in [-0.2, -0.15) is 13.2 Å². The van der Waals surface area contributed by atoms with E-state index in [4.69, 9.17) is 0 Å². The summed E-state index contributed by atoms with van der Waals surface area (Å²) in [5.41, 5.74) is 0.327. The van der Waals surface area contributed by atoms with Gasteiger partial charge in [0, 0.05) is 36.8 Å². The molecule has 10 heteroatoms. The first kappa shape index (κ1) is 23.4. The van der Waals surface area contributed by atoms with E-state index in [0.717, 1.165) is 7.05 Å². The normalized spacial score (nSPS) is 12.6. The van der Waals surface area contributed by atoms with Crippen molar-refractivity contribution in [2.45, 2.75) is 20.0 Å². The molecule has 0 saturated heterocycles. The van der Waals surface area contributed by atoms with Gasteiger partial charge < -0.3 is 4.90 Å². The number of sulfone groups is 1. The molecule has 0 aliphatic heterocycles. The molecule has 0 saturated carbocycles. The van der Waals surface area contributed by atoms with Gasteiger partial charge in [0.2, 0.25) is 0 Å². The number of aliphatic imine (C=N–C) groups is 1. The van der Waals surface area contributed by atoms with Crippen LogP contribution in [0.1, 0.15) is 29.9 Å². The first-order valence-corrected chi connectivity index (χ1v) is 9.94. The average molecular weight is 415 g/mol. The maximum atomic E-state index is 12.4. The molecule has 0 aliphatic carbocycles. The standard InChI is InChI=1S/C18H20F3N3O3S/c1-4-6-7-10-22-16(12-28(26,27)5-2)14-8-9-15(23-11-14)17(25)24(3)13-18(19,20)21/h7-11H,5,12-13H2,1-3H3/b10-7-,22-16?. The number of halogens is 3. The highest BCUT2D eigenvalue weighted by atomic mass is 32.2. The molecule has 1 amide bonds. The summed E-state index contributed by atoms with van der Waals surface area (Å²) in [5, 5.41) is 0. The zero-order valence-corrected chi connectivity index (χ0v) is 16.4. The van der Waals surface area contributed by atoms with Crippen LogP contribution in [-0.4, -0.2) is 61.2 Å². The van der Waals surface area contributed by atoms with Gasteiger partial charge in [0.05, 0.1) is 11.5 Å². The summed E-state index contributed by atoms with van der Waals surface area (Å²) >= 11 is 0. The van der Waals surface area contributed by atoms with Crippen LogP contribution in [0.15, 0.2) is 35.6 Å². The molecule has 6 nitrogen and oxygen atoms in total. The van der Waals surface area contributed by atoms with Gasteiger partial charge in [-0.05, 0) is 19.1 Å². The quantitative estimate of drug-likeness (QED) is 0.506. The molecule has 0 radical (unpaired) electrons. The van der Waals surface area contributed by atoms with Crippen LogP contribution in [0.3, 0.4) is 0 Å². The molecule has 0 unspecified atom stereocenters. The number of carbonyl (C=O) groups is 1. The van der Waals surface area contributed by atoms with E-state index in [0.29, 0.717) is 10.5 Å². The lowest BCUT2D eigenvalue weighted by Gasteiger charge is -2.18. The van der Waals surface area contributed by atoms with Crippen molar-refractivity contribution >= 4 is 21.5 Å². The van der Waals surface area contributed by atoms with Crippen LogP contribution in [0.25, 0.3) is 0 Å². The minimum atomic E-state index is -4.52. The molecule has 1 aromatic rings. The van der Waals surface area contributed by atoms with E-state index >= 15 is 0 Å². The Hall–Kier alpha value is -2.67. The number of hydrogen-bond donors (Lipinski definition) is 0. The van der Waals surface area contributed by atoms with Crippen molar-refractivity contribution in [3.8, 4) is 11.8 Å². The summed E-state index contributed by atoms with van der Waals surface area (Å²) in [6.45, 7) is 1.73. The van der Waals surface area contributed by atoms with Gasteiger partial charge in [0.1, 0.15) is 12.2 Å². The molecule has 0 spiro atoms. The van der Waals surface area contributed by atoms with E-state index < -0.39 is 28.5 Å². The van der Waals surface area contributed by atoms with E-state index in [1.165, 1.54) is 37.5 Å². The van der Waals surface area contributed by atoms with Gasteiger partial charge in [0.15, 0.2) is 9.84 Å². The third-order valence-electron chi connectivity index (χ3n) is 3.41. The molecule has 1 heterocycles. The molecule has 1 aromatic heterocycles. The number of pyridine rings is 1. The summed E-state index contributed by atoms with van der Waals surface area (Å²) < 4.78 is 61.1. The number of aromatic nitrogens is 1. The van der Waals surface area contributed by atoms with E-state index in [1.807, 2.05) is 0 Å². The summed E-state index contributed by atoms with van der Waals surface area (Å²) in [7, 11) is -2.38. The summed E-state index contributed by atoms with van der Waals surface area (Å²) in [4.78, 5) is 20.5. The number of nitrogens with zero attached hydrogens (tertiary/aromatic N) is 3. The van der Waals surface area contributed by atoms with Crippen LogP contribution in [0.5, 0.6) is 0 Å². The van der Waals surface area contributed by atoms with Gasteiger partial charge in [0.25, 0.3) is 5.91 Å². The minimum absolute atomic E-state index is 0.0866. The van der Waals surface area contributed by atoms with Crippen molar-refractivity contribution in [1.29, 1.82) is 0 Å². The Morgan fingerprint density at radius 3 is 2.54 bits per heavy atom. The SMILES string of the molecule is CC#C/C=C\N=C(CS(=O)(=O)CC)c1ccc(C(=O)N(C)CC(F)(F)F)nc1. The Morgan fingerprint density at radius 1 is 1.36 bits per heavy atom. The second kappa shape index (κ2) is 10.0. The number of hydrogen-bond acceptors (Lipinski definition) is 5. The van der Waals surface area contributed by atoms with Crippen LogP contribution in [-0.2, 0) is 9.84 Å². The van der Waals surface area contributed by atoms with Gasteiger partial charge in [-0.1, -0.05) is 12.8 Å². The minimum Gasteiger partial charge on any atom is -0.331 e. The van der Waals surface area contributed by atoms with E-state index in [2.05, 4.69) is 21.8 Å². The second-order valence-corrected chi connectivity index (χ2v) is 8.02. The first-order valence-electron chi connectivity index (χ1n) is 8.12. The van der Waals surface area contributed by atoms with Crippen molar-refractivity contribution in [2.24, 2.45) is 4.99 Å². The van der Waals surface area contributed by atoms with Crippen molar-refractivity contribution < 1.29 is 26.4 Å². The number of rotatable bonds is 7. The third-order valence-corrected chi connectivity index (χ3v) is 5.00. The van der Waals surface area contributed by atoms with Crippen LogP contribution in [0.4, 0.5) is 13.2 Å². The molecular weight excluding hydrogens is 395 g/mol. The maximum absolute atomic E-state index is 12.4. The predicted molar refractivity (Wildman–Crippen MR) is 101 cm³/mol. The number of allylic oxidation sites excluding steroid dienone is 1. The van der Waals surface area contributed by atoms with E-state index in [-0.39, 0.29) is 22.9 Å². The smallest absolute Gasteiger partial charge is 0.331 e. The van der Waals surface area contributed by atoms with Crippen LogP contribution >= 0.6 is 0 Å². The van der Waals surface area contributed by atoms with Crippen molar-refractivity contribution in [2.75, 3.05) is 25.1 Å². The third kappa shape index (κ3) is 7.92. The monoisotopic (exact) mass is 415 g/mol. The molecule has 0 fully saturated rings. The van der Waals surface area contributed by atoms with Gasteiger partial charge in [-0.3, -0.25) is 14.8 Å². The summed E-state index contributed by atoms with van der Waals surface area (Å²) in [5.74, 6) is 3.93. The van der Waals surface area contributed by atoms with Gasteiger partial charge in [-0.25, -0.2) is 8.42 Å². The van der Waals surface area contributed by atoms with E-state index in [1.54, 1.807) is 6.92 Å². The zero-order chi connectivity index (χ0) is 21.4. The maximum Gasteiger partial charge on any atom is 0.406 e. The van der Waals surface area contributed by atoms with Crippen molar-refractivity contribution in [3.05, 3.63) is 41.9 Å². The van der Waals surface area contributed by atoms with Crippen LogP contribution in [0.2, 0.25) is 0 Å². The topological polar surface area (TPSA) is 79.7 Å². The molecule has 1 rings (SSSR count). The van der Waals surface area contributed by atoms with Crippen LogP contribution < -0.4 is 0 Å². The lowest BCUT2D eigenvalue weighted by atomic mass is 10.2. The largest absolute Gasteiger partial charge is 0.406 e. The molecular formula is C18H20F3N3O3S. The first-order chi connectivity index (χ1) is 13.0. The Morgan fingerprint density at radius 2 is 2.04 bits per heavy atom. The Labute approximate surface area is 162 Å². The Kier molecular flexibility index (Phi) is 8.37. The zero-order valence-electron chi connectivity index (χ0n) is 15.6. The molecule has 0 N–H and O–H groups in total. The van der Waals surface area contributed by atoms with Crippen molar-refractivity contribution in [1.82, 2.24) is 9.88 Å². The lowest BCUT2D eigenvalue weighted by Crippen LogP contribution is -2.36. The molecule has 0 bridgehead atoms. The van der Waals surface area contributed by atoms with Crippen molar-refractivity contribution in [3.63, 3.8) is 0 Å². The highest BCUT2D eigenvalue weighted by Crippen LogP contribution is 2.17. The van der Waals surface area contributed by atoms with Gasteiger partial charge in [-0.15, -0.1) is 5.92 Å². The Balaban J connectivity index is 3.13. The van der Waals surface area contributed by atoms with E-state index in [9.17, 15) is 26.4 Å². The predicted octanol–water partition coefficient (Wildman–Crippen LogP) is 2.48. The lowest BCUT2D eigenvalue weighted by molar-refractivity contribution is -0.138. The second-order valence-electron chi connectivity index (χ2n) is 5.67. The average Bonchev–Trinajstić information content (AvgIpc) is 2.62. The fraction of sp³-hybridized carbons (Fsp3) is 0.389. The molecule has 0 atom stereocenters. The highest BCUT2D eigenvalue weighted by Gasteiger charge is 2.31. The van der Waals surface area contributed by atoms with Gasteiger partial charge >= 0.3 is 6.18 Å². The number of carbonyl (C=O) groups excluding carboxylic acids is 1. The molecule has 28 heavy (non-hydrogen) atoms. The number of alkyl halides is 3. The summed E-state index contributed by atoms with van der Waals surface area (Å²) in [6, 6.07) is 2.62. The number of amides is 1. The summed E-state index contributed by atoms with van der Waals surface area (Å²) in [6.07, 6.45) is -0.534. The molecule has 0 aromatic carbocycles. The van der Waals surface area contributed by atoms with Crippen LogP contribution in [0, 0.1) is 11.8 Å². The molecule has 0 aliphatic rings.